The number of carbonyl (C=O) groups excluding carboxylic acids is 1. The van der Waals surface area contributed by atoms with Crippen LogP contribution in [0, 0.1) is 17.0 Å². The van der Waals surface area contributed by atoms with Gasteiger partial charge < -0.3 is 0 Å². The van der Waals surface area contributed by atoms with Crippen LogP contribution in [0.1, 0.15) is 45.9 Å². The number of aryl methyl sites for hydroxylation is 3. The van der Waals surface area contributed by atoms with E-state index in [0.29, 0.717) is 10.4 Å². The molecule has 1 aromatic heterocycles. The summed E-state index contributed by atoms with van der Waals surface area (Å²) in [6.45, 7) is 5.56. The van der Waals surface area contributed by atoms with Crippen molar-refractivity contribution in [3.05, 3.63) is 55.3 Å². The molecule has 2 N–H and O–H groups in total. The third-order valence-corrected chi connectivity index (χ3v) is 6.45. The van der Waals surface area contributed by atoms with E-state index in [1.54, 1.807) is 6.07 Å². The van der Waals surface area contributed by atoms with Gasteiger partial charge in [0, 0.05) is 16.5 Å². The summed E-state index contributed by atoms with van der Waals surface area (Å²) in [4.78, 5) is 25.9. The molecule has 8 nitrogen and oxygen atoms in total. The molecule has 0 unspecified atom stereocenters. The van der Waals surface area contributed by atoms with Crippen molar-refractivity contribution in [2.45, 2.75) is 44.9 Å². The van der Waals surface area contributed by atoms with Crippen LogP contribution in [0.5, 0.6) is 0 Å². The van der Waals surface area contributed by atoms with Gasteiger partial charge in [0.1, 0.15) is 0 Å². The number of rotatable bonds is 8. The fourth-order valence-electron chi connectivity index (χ4n) is 2.50. The minimum atomic E-state index is -4.14. The summed E-state index contributed by atoms with van der Waals surface area (Å²) in [5.74, 6) is -0.567. The Kier molecular flexibility index (Phi) is 6.68. The number of hydrogen-bond donors (Lipinski definition) is 2. The molecule has 0 aliphatic rings. The van der Waals surface area contributed by atoms with Crippen molar-refractivity contribution in [2.75, 3.05) is 0 Å². The molecule has 0 aliphatic carbocycles. The lowest BCUT2D eigenvalue weighted by molar-refractivity contribution is -0.385. The molecular weight excluding hydrogens is 390 g/mol. The number of hydrazine groups is 1. The number of nitro groups is 1. The quantitative estimate of drug-likeness (QED) is 0.511. The maximum absolute atomic E-state index is 12.3. The van der Waals surface area contributed by atoms with Crippen molar-refractivity contribution >= 4 is 33.0 Å². The van der Waals surface area contributed by atoms with Crippen LogP contribution in [-0.2, 0) is 22.9 Å². The zero-order chi connectivity index (χ0) is 20.2. The molecule has 0 radical (unpaired) electrons. The van der Waals surface area contributed by atoms with Crippen LogP contribution >= 0.6 is 11.3 Å². The Morgan fingerprint density at radius 2 is 1.96 bits per heavy atom. The van der Waals surface area contributed by atoms with E-state index >= 15 is 0 Å². The van der Waals surface area contributed by atoms with Crippen molar-refractivity contribution < 1.29 is 18.1 Å². The number of nitro benzene ring substituents is 1. The van der Waals surface area contributed by atoms with E-state index in [4.69, 9.17) is 0 Å². The highest BCUT2D eigenvalue weighted by molar-refractivity contribution is 7.89. The van der Waals surface area contributed by atoms with Crippen molar-refractivity contribution in [1.29, 1.82) is 0 Å². The number of sulfonamides is 1. The molecule has 1 aromatic carbocycles. The van der Waals surface area contributed by atoms with E-state index < -0.39 is 20.9 Å². The summed E-state index contributed by atoms with van der Waals surface area (Å²) < 4.78 is 24.7. The number of nitrogens with one attached hydrogen (secondary N) is 2. The molecule has 27 heavy (non-hydrogen) atoms. The molecule has 10 heteroatoms. The first kappa shape index (κ1) is 21.0. The minimum Gasteiger partial charge on any atom is -0.273 e. The third-order valence-electron chi connectivity index (χ3n) is 3.96. The van der Waals surface area contributed by atoms with E-state index in [-0.39, 0.29) is 10.6 Å². The number of carbonyl (C=O) groups is 1. The Labute approximate surface area is 161 Å². The summed E-state index contributed by atoms with van der Waals surface area (Å²) in [5, 5.41) is 11.0. The smallest absolute Gasteiger partial charge is 0.273 e. The Hall–Kier alpha value is -2.30. The molecule has 2 aromatic rings. The zero-order valence-corrected chi connectivity index (χ0v) is 16.9. The molecule has 0 spiro atoms. The molecule has 0 atom stereocenters. The summed E-state index contributed by atoms with van der Waals surface area (Å²) in [6.07, 6.45) is 2.60. The van der Waals surface area contributed by atoms with E-state index in [1.165, 1.54) is 30.4 Å². The molecule has 1 heterocycles. The van der Waals surface area contributed by atoms with Gasteiger partial charge in [0.15, 0.2) is 0 Å². The van der Waals surface area contributed by atoms with Crippen molar-refractivity contribution in [1.82, 2.24) is 10.3 Å². The van der Waals surface area contributed by atoms with Crippen molar-refractivity contribution in [3.8, 4) is 0 Å². The first-order valence-electron chi connectivity index (χ1n) is 8.38. The number of hydrogen-bond acceptors (Lipinski definition) is 6. The Morgan fingerprint density at radius 3 is 2.56 bits per heavy atom. The number of nitrogens with zero attached hydrogens (tertiary/aromatic N) is 1. The van der Waals surface area contributed by atoms with Crippen LogP contribution in [0.4, 0.5) is 5.69 Å². The number of amides is 1. The average Bonchev–Trinajstić information content (AvgIpc) is 3.03. The van der Waals surface area contributed by atoms with Crippen molar-refractivity contribution in [2.24, 2.45) is 0 Å². The Balaban J connectivity index is 2.16. The van der Waals surface area contributed by atoms with Crippen LogP contribution in [0.15, 0.2) is 29.2 Å². The van der Waals surface area contributed by atoms with E-state index in [9.17, 15) is 23.3 Å². The van der Waals surface area contributed by atoms with Crippen LogP contribution in [0.3, 0.4) is 0 Å². The van der Waals surface area contributed by atoms with Gasteiger partial charge in [-0.15, -0.1) is 16.2 Å². The average molecular weight is 412 g/mol. The van der Waals surface area contributed by atoms with Crippen LogP contribution in [-0.4, -0.2) is 19.2 Å². The standard InChI is InChI=1S/C17H21N3O5S2/c1-4-6-15-12(5-2)9-16(26-15)17(21)18-19-27(24,25)13-8-7-11(3)14(10-13)20(22)23/h7-10,19H,4-6H2,1-3H3,(H,18,21). The van der Waals surface area contributed by atoms with Gasteiger partial charge in [0.05, 0.1) is 14.7 Å². The molecule has 0 saturated carbocycles. The van der Waals surface area contributed by atoms with Gasteiger partial charge in [0.25, 0.3) is 21.6 Å². The highest BCUT2D eigenvalue weighted by Crippen LogP contribution is 2.25. The second kappa shape index (κ2) is 8.59. The number of benzene rings is 1. The maximum atomic E-state index is 12.3. The van der Waals surface area contributed by atoms with E-state index in [1.807, 2.05) is 18.7 Å². The second-order valence-corrected chi connectivity index (χ2v) is 8.75. The lowest BCUT2D eigenvalue weighted by Gasteiger charge is -2.08. The lowest BCUT2D eigenvalue weighted by atomic mass is 10.1. The normalized spacial score (nSPS) is 11.4. The summed E-state index contributed by atoms with van der Waals surface area (Å²) in [7, 11) is -4.14. The molecule has 0 saturated heterocycles. The van der Waals surface area contributed by atoms with E-state index in [0.717, 1.165) is 35.8 Å². The minimum absolute atomic E-state index is 0.299. The SMILES string of the molecule is CCCc1sc(C(=O)NNS(=O)(=O)c2ccc(C)c([N+](=O)[O-])c2)cc1CC. The number of thiophene rings is 1. The summed E-state index contributed by atoms with van der Waals surface area (Å²) in [5.41, 5.74) is 3.28. The topological polar surface area (TPSA) is 118 Å². The molecule has 1 amide bonds. The molecular formula is C17H21N3O5S2. The fraction of sp³-hybridized carbons (Fsp3) is 0.353. The van der Waals surface area contributed by atoms with Gasteiger partial charge in [-0.3, -0.25) is 20.3 Å². The predicted octanol–water partition coefficient (Wildman–Crippen LogP) is 3.10. The maximum Gasteiger partial charge on any atom is 0.276 e. The molecule has 0 aliphatic heterocycles. The Morgan fingerprint density at radius 1 is 1.26 bits per heavy atom. The van der Waals surface area contributed by atoms with Gasteiger partial charge in [-0.05, 0) is 37.5 Å². The van der Waals surface area contributed by atoms with Gasteiger partial charge in [-0.25, -0.2) is 8.42 Å². The van der Waals surface area contributed by atoms with Gasteiger partial charge in [-0.2, -0.15) is 0 Å². The van der Waals surface area contributed by atoms with Crippen LogP contribution in [0.25, 0.3) is 0 Å². The van der Waals surface area contributed by atoms with Crippen LogP contribution in [0.2, 0.25) is 0 Å². The molecule has 0 bridgehead atoms. The van der Waals surface area contributed by atoms with Gasteiger partial charge >= 0.3 is 0 Å². The largest absolute Gasteiger partial charge is 0.276 e. The molecule has 0 fully saturated rings. The zero-order valence-electron chi connectivity index (χ0n) is 15.2. The van der Waals surface area contributed by atoms with E-state index in [2.05, 4.69) is 5.43 Å². The Bertz CT molecular complexity index is 967. The first-order valence-corrected chi connectivity index (χ1v) is 10.7. The van der Waals surface area contributed by atoms with Gasteiger partial charge in [-0.1, -0.05) is 26.3 Å². The highest BCUT2D eigenvalue weighted by Gasteiger charge is 2.21. The highest BCUT2D eigenvalue weighted by atomic mass is 32.2. The lowest BCUT2D eigenvalue weighted by Crippen LogP contribution is -2.41. The van der Waals surface area contributed by atoms with Crippen molar-refractivity contribution in [3.63, 3.8) is 0 Å². The summed E-state index contributed by atoms with van der Waals surface area (Å²) >= 11 is 1.34. The monoisotopic (exact) mass is 411 g/mol. The summed E-state index contributed by atoms with van der Waals surface area (Å²) in [6, 6.07) is 5.31. The third kappa shape index (κ3) is 4.90. The molecule has 2 rings (SSSR count). The molecule has 146 valence electrons. The second-order valence-electron chi connectivity index (χ2n) is 5.93. The predicted molar refractivity (Wildman–Crippen MR) is 103 cm³/mol. The fourth-order valence-corrected chi connectivity index (χ4v) is 4.61. The van der Waals surface area contributed by atoms with Gasteiger partial charge in [0.2, 0.25) is 0 Å². The van der Waals surface area contributed by atoms with Crippen LogP contribution < -0.4 is 10.3 Å². The first-order chi connectivity index (χ1) is 12.7.